The standard InChI is InChI=1S/C20H26O2S2/c1-19-11-16(21)18-13-6-7-20(23-8-9-24-20)10-12(13)2-3-14(18)15(19)4-5-17(19)22/h10,13-15,18H,2-9,11H2,1H3/t13-,14-,15-,18+,19-/m0/s1. The van der Waals surface area contributed by atoms with Crippen LogP contribution in [0, 0.1) is 29.1 Å². The number of rotatable bonds is 0. The Kier molecular flexibility index (Phi) is 3.59. The summed E-state index contributed by atoms with van der Waals surface area (Å²) in [6.45, 7) is 2.09. The number of carbonyl (C=O) groups excluding carboxylic acids is 2. The van der Waals surface area contributed by atoms with Crippen LogP contribution >= 0.6 is 23.5 Å². The molecule has 5 rings (SSSR count). The first-order valence-corrected chi connectivity index (χ1v) is 11.6. The third-order valence-electron chi connectivity index (χ3n) is 7.69. The van der Waals surface area contributed by atoms with Gasteiger partial charge in [0, 0.05) is 35.7 Å². The van der Waals surface area contributed by atoms with Crippen LogP contribution in [-0.4, -0.2) is 27.2 Å². The molecule has 0 unspecified atom stereocenters. The molecule has 24 heavy (non-hydrogen) atoms. The summed E-state index contributed by atoms with van der Waals surface area (Å²) in [5.74, 6) is 4.98. The van der Waals surface area contributed by atoms with E-state index in [1.807, 2.05) is 0 Å². The first kappa shape index (κ1) is 16.0. The predicted molar refractivity (Wildman–Crippen MR) is 100 cm³/mol. The van der Waals surface area contributed by atoms with Gasteiger partial charge in [-0.1, -0.05) is 18.6 Å². The molecule has 1 saturated heterocycles. The van der Waals surface area contributed by atoms with E-state index in [0.717, 1.165) is 12.8 Å². The molecule has 1 spiro atoms. The third kappa shape index (κ3) is 2.11. The normalized spacial score (nSPS) is 46.5. The Morgan fingerprint density at radius 3 is 2.67 bits per heavy atom. The summed E-state index contributed by atoms with van der Waals surface area (Å²) in [5, 5.41) is 0. The zero-order valence-electron chi connectivity index (χ0n) is 14.4. The highest BCUT2D eigenvalue weighted by Gasteiger charge is 2.59. The number of carbonyl (C=O) groups is 2. The van der Waals surface area contributed by atoms with E-state index in [-0.39, 0.29) is 11.3 Å². The summed E-state index contributed by atoms with van der Waals surface area (Å²) in [7, 11) is 0. The molecule has 0 N–H and O–H groups in total. The smallest absolute Gasteiger partial charge is 0.139 e. The lowest BCUT2D eigenvalue weighted by Crippen LogP contribution is -2.51. The van der Waals surface area contributed by atoms with Gasteiger partial charge in [0.15, 0.2) is 0 Å². The zero-order valence-corrected chi connectivity index (χ0v) is 16.0. The average molecular weight is 363 g/mol. The van der Waals surface area contributed by atoms with Gasteiger partial charge in [-0.15, -0.1) is 23.5 Å². The van der Waals surface area contributed by atoms with Crippen LogP contribution in [-0.2, 0) is 9.59 Å². The van der Waals surface area contributed by atoms with E-state index in [9.17, 15) is 9.59 Å². The van der Waals surface area contributed by atoms with Gasteiger partial charge in [-0.05, 0) is 49.9 Å². The fourth-order valence-corrected chi connectivity index (χ4v) is 9.77. The topological polar surface area (TPSA) is 34.1 Å². The Morgan fingerprint density at radius 1 is 1.08 bits per heavy atom. The van der Waals surface area contributed by atoms with Crippen molar-refractivity contribution in [2.24, 2.45) is 29.1 Å². The summed E-state index contributed by atoms with van der Waals surface area (Å²) >= 11 is 4.25. The van der Waals surface area contributed by atoms with Crippen molar-refractivity contribution < 1.29 is 9.59 Å². The van der Waals surface area contributed by atoms with Gasteiger partial charge in [-0.3, -0.25) is 9.59 Å². The van der Waals surface area contributed by atoms with Crippen LogP contribution in [0.25, 0.3) is 0 Å². The van der Waals surface area contributed by atoms with Crippen LogP contribution in [0.1, 0.15) is 51.9 Å². The van der Waals surface area contributed by atoms with Crippen molar-refractivity contribution in [3.05, 3.63) is 11.6 Å². The van der Waals surface area contributed by atoms with Gasteiger partial charge in [0.05, 0.1) is 4.08 Å². The fourth-order valence-electron chi connectivity index (χ4n) is 6.59. The van der Waals surface area contributed by atoms with Crippen molar-refractivity contribution in [3.8, 4) is 0 Å². The van der Waals surface area contributed by atoms with Crippen LogP contribution in [0.3, 0.4) is 0 Å². The molecule has 0 amide bonds. The number of hydrogen-bond acceptors (Lipinski definition) is 4. The molecule has 0 bridgehead atoms. The van der Waals surface area contributed by atoms with E-state index in [2.05, 4.69) is 36.5 Å². The Labute approximate surface area is 153 Å². The maximum absolute atomic E-state index is 13.1. The molecule has 0 aromatic carbocycles. The highest BCUT2D eigenvalue weighted by atomic mass is 32.2. The Balaban J connectivity index is 1.48. The number of fused-ring (bicyclic) bond motifs is 5. The van der Waals surface area contributed by atoms with Crippen molar-refractivity contribution in [1.29, 1.82) is 0 Å². The van der Waals surface area contributed by atoms with Gasteiger partial charge in [-0.2, -0.15) is 0 Å². The molecule has 1 aliphatic heterocycles. The summed E-state index contributed by atoms with van der Waals surface area (Å²) in [5.41, 5.74) is 1.26. The van der Waals surface area contributed by atoms with Crippen LogP contribution < -0.4 is 0 Å². The average Bonchev–Trinajstić information content (AvgIpc) is 3.12. The number of hydrogen-bond donors (Lipinski definition) is 0. The van der Waals surface area contributed by atoms with Crippen LogP contribution in [0.5, 0.6) is 0 Å². The Morgan fingerprint density at radius 2 is 1.88 bits per heavy atom. The van der Waals surface area contributed by atoms with Crippen molar-refractivity contribution >= 4 is 35.1 Å². The van der Waals surface area contributed by atoms with Gasteiger partial charge >= 0.3 is 0 Å². The summed E-state index contributed by atoms with van der Waals surface area (Å²) in [4.78, 5) is 25.5. The number of allylic oxidation sites excluding steroid dienone is 1. The fraction of sp³-hybridized carbons (Fsp3) is 0.800. The molecule has 4 aliphatic carbocycles. The highest BCUT2D eigenvalue weighted by Crippen LogP contribution is 2.62. The molecular formula is C20H26O2S2. The van der Waals surface area contributed by atoms with E-state index in [1.165, 1.54) is 30.8 Å². The lowest BCUT2D eigenvalue weighted by Gasteiger charge is -2.52. The van der Waals surface area contributed by atoms with E-state index in [1.54, 1.807) is 5.57 Å². The molecule has 4 fully saturated rings. The largest absolute Gasteiger partial charge is 0.299 e. The number of ketones is 2. The molecule has 0 aromatic heterocycles. The summed E-state index contributed by atoms with van der Waals surface area (Å²) in [6.07, 6.45) is 9.56. The Hall–Kier alpha value is -0.220. The van der Waals surface area contributed by atoms with Gasteiger partial charge in [0.2, 0.25) is 0 Å². The summed E-state index contributed by atoms with van der Waals surface area (Å²) in [6, 6.07) is 0. The molecule has 5 aliphatic rings. The molecule has 2 nitrogen and oxygen atoms in total. The van der Waals surface area contributed by atoms with E-state index >= 15 is 0 Å². The van der Waals surface area contributed by atoms with Crippen LogP contribution in [0.4, 0.5) is 0 Å². The maximum Gasteiger partial charge on any atom is 0.139 e. The maximum atomic E-state index is 13.1. The number of Topliss-reactive ketones (excluding diaryl/α,β-unsaturated/α-hetero) is 2. The van der Waals surface area contributed by atoms with Crippen molar-refractivity contribution in [2.75, 3.05) is 11.5 Å². The monoisotopic (exact) mass is 362 g/mol. The third-order valence-corrected chi connectivity index (χ3v) is 11.1. The molecule has 3 saturated carbocycles. The van der Waals surface area contributed by atoms with Crippen LogP contribution in [0.15, 0.2) is 11.6 Å². The van der Waals surface area contributed by atoms with Gasteiger partial charge in [-0.25, -0.2) is 0 Å². The highest BCUT2D eigenvalue weighted by molar-refractivity contribution is 8.21. The van der Waals surface area contributed by atoms with Crippen molar-refractivity contribution in [2.45, 2.75) is 55.9 Å². The SMILES string of the molecule is C[C@]12CC(=O)[C@H]3[C@@H](CCC4=CC5(CC[C@@H]43)SCCS5)[C@@H]1CCC2=O. The van der Waals surface area contributed by atoms with E-state index in [4.69, 9.17) is 0 Å². The number of thioether (sulfide) groups is 2. The molecule has 130 valence electrons. The first-order valence-electron chi connectivity index (χ1n) is 9.58. The minimum atomic E-state index is -0.327. The molecule has 0 radical (unpaired) electrons. The Bertz CT molecular complexity index is 634. The molecule has 5 atom stereocenters. The predicted octanol–water partition coefficient (Wildman–Crippen LogP) is 4.48. The van der Waals surface area contributed by atoms with Gasteiger partial charge < -0.3 is 0 Å². The van der Waals surface area contributed by atoms with E-state index < -0.39 is 0 Å². The lowest BCUT2D eigenvalue weighted by molar-refractivity contribution is -0.145. The second-order valence-electron chi connectivity index (χ2n) is 8.73. The molecule has 1 heterocycles. The quantitative estimate of drug-likeness (QED) is 0.595. The van der Waals surface area contributed by atoms with Gasteiger partial charge in [0.1, 0.15) is 11.6 Å². The second-order valence-corrected chi connectivity index (χ2v) is 11.8. The summed E-state index contributed by atoms with van der Waals surface area (Å²) < 4.78 is 0.328. The minimum Gasteiger partial charge on any atom is -0.299 e. The van der Waals surface area contributed by atoms with Gasteiger partial charge in [0.25, 0.3) is 0 Å². The molecular weight excluding hydrogens is 336 g/mol. The van der Waals surface area contributed by atoms with Crippen LogP contribution in [0.2, 0.25) is 0 Å². The second kappa shape index (κ2) is 5.39. The lowest BCUT2D eigenvalue weighted by atomic mass is 9.52. The van der Waals surface area contributed by atoms with Crippen molar-refractivity contribution in [3.63, 3.8) is 0 Å². The van der Waals surface area contributed by atoms with Crippen molar-refractivity contribution in [1.82, 2.24) is 0 Å². The minimum absolute atomic E-state index is 0.225. The molecule has 4 heteroatoms. The zero-order chi connectivity index (χ0) is 16.5. The molecule has 0 aromatic rings. The first-order chi connectivity index (χ1) is 11.5. The van der Waals surface area contributed by atoms with E-state index in [0.29, 0.717) is 46.2 Å².